The van der Waals surface area contributed by atoms with Crippen molar-refractivity contribution in [3.8, 4) is 0 Å². The summed E-state index contributed by atoms with van der Waals surface area (Å²) in [5, 5.41) is 9.13. The van der Waals surface area contributed by atoms with Crippen molar-refractivity contribution in [1.29, 1.82) is 0 Å². The number of likely N-dealkylation sites (tertiary alicyclic amines) is 1. The molecule has 4 nitrogen and oxygen atoms in total. The lowest BCUT2D eigenvalue weighted by Gasteiger charge is -2.23. The van der Waals surface area contributed by atoms with Gasteiger partial charge in [-0.3, -0.25) is 4.79 Å². The highest BCUT2D eigenvalue weighted by molar-refractivity contribution is 8.22. The molecular weight excluding hydrogens is 306 g/mol. The van der Waals surface area contributed by atoms with E-state index in [1.165, 1.54) is 11.8 Å². The van der Waals surface area contributed by atoms with Crippen molar-refractivity contribution in [3.63, 3.8) is 0 Å². The van der Waals surface area contributed by atoms with Crippen molar-refractivity contribution in [2.75, 3.05) is 12.3 Å². The Bertz CT molecular complexity index is 533. The first kappa shape index (κ1) is 16.0. The Balaban J connectivity index is 1.79. The van der Waals surface area contributed by atoms with Crippen LogP contribution in [0.15, 0.2) is 30.3 Å². The molecule has 21 heavy (non-hydrogen) atoms. The molecule has 1 N–H and O–H groups in total. The lowest BCUT2D eigenvalue weighted by Crippen LogP contribution is -2.38. The van der Waals surface area contributed by atoms with Crippen molar-refractivity contribution >= 4 is 40.1 Å². The molecule has 1 aliphatic heterocycles. The highest BCUT2D eigenvalue weighted by Gasteiger charge is 2.32. The van der Waals surface area contributed by atoms with Crippen LogP contribution in [0.4, 0.5) is 0 Å². The Morgan fingerprint density at radius 2 is 2.05 bits per heavy atom. The number of aliphatic carboxylic acids is 1. The number of thioether (sulfide) groups is 1. The molecule has 1 aliphatic rings. The number of carboxylic acid groups (broad SMARTS) is 1. The number of carbonyl (C=O) groups is 2. The summed E-state index contributed by atoms with van der Waals surface area (Å²) in [7, 11) is 0. The molecule has 1 heterocycles. The molecule has 0 saturated carbocycles. The quantitative estimate of drug-likeness (QED) is 0.664. The minimum Gasteiger partial charge on any atom is -0.480 e. The number of ketones is 1. The Labute approximate surface area is 133 Å². The molecule has 1 aromatic rings. The summed E-state index contributed by atoms with van der Waals surface area (Å²) in [4.78, 5) is 24.8. The van der Waals surface area contributed by atoms with Gasteiger partial charge in [0, 0.05) is 24.3 Å². The molecule has 0 amide bonds. The number of nitrogens with zero attached hydrogens (tertiary/aromatic N) is 1. The second-order valence-corrected chi connectivity index (χ2v) is 6.57. The molecule has 2 rings (SSSR count). The summed E-state index contributed by atoms with van der Waals surface area (Å²) in [6.45, 7) is 0.690. The topological polar surface area (TPSA) is 57.6 Å². The standard InChI is InChI=1S/C15H17NO3S2/c17-13(11-5-2-1-3-6-11)8-10-21-15(20)16-9-4-7-12(16)14(18)19/h1-3,5-6,12H,4,7-10H2,(H,18,19). The third-order valence-electron chi connectivity index (χ3n) is 3.42. The Hall–Kier alpha value is -1.40. The first-order chi connectivity index (χ1) is 10.1. The van der Waals surface area contributed by atoms with Crippen LogP contribution in [0.2, 0.25) is 0 Å². The summed E-state index contributed by atoms with van der Waals surface area (Å²) in [6, 6.07) is 8.65. The van der Waals surface area contributed by atoms with Gasteiger partial charge in [0.25, 0.3) is 0 Å². The van der Waals surface area contributed by atoms with Gasteiger partial charge in [-0.05, 0) is 12.8 Å². The molecule has 6 heteroatoms. The van der Waals surface area contributed by atoms with Crippen molar-refractivity contribution in [2.24, 2.45) is 0 Å². The van der Waals surface area contributed by atoms with Gasteiger partial charge in [0.2, 0.25) is 0 Å². The predicted molar refractivity (Wildman–Crippen MR) is 87.8 cm³/mol. The second kappa shape index (κ2) is 7.56. The third-order valence-corrected chi connectivity index (χ3v) is 4.90. The average molecular weight is 323 g/mol. The molecule has 1 fully saturated rings. The number of benzene rings is 1. The maximum Gasteiger partial charge on any atom is 0.326 e. The molecule has 0 radical (unpaired) electrons. The van der Waals surface area contributed by atoms with E-state index < -0.39 is 12.0 Å². The van der Waals surface area contributed by atoms with E-state index in [-0.39, 0.29) is 5.78 Å². The number of rotatable bonds is 5. The van der Waals surface area contributed by atoms with Crippen LogP contribution in [0.1, 0.15) is 29.6 Å². The monoisotopic (exact) mass is 323 g/mol. The molecule has 0 aromatic heterocycles. The highest BCUT2D eigenvalue weighted by atomic mass is 32.2. The van der Waals surface area contributed by atoms with Gasteiger partial charge >= 0.3 is 5.97 Å². The molecule has 1 saturated heterocycles. The van der Waals surface area contributed by atoms with Crippen LogP contribution in [0.3, 0.4) is 0 Å². The lowest BCUT2D eigenvalue weighted by atomic mass is 10.1. The number of carbonyl (C=O) groups excluding carboxylic acids is 1. The SMILES string of the molecule is O=C(CCSC(=S)N1CCCC1C(=O)O)c1ccccc1. The van der Waals surface area contributed by atoms with E-state index in [0.717, 1.165) is 6.42 Å². The number of thiocarbonyl (C=S) groups is 1. The largest absolute Gasteiger partial charge is 0.480 e. The summed E-state index contributed by atoms with van der Waals surface area (Å²) in [5.74, 6) is -0.159. The van der Waals surface area contributed by atoms with Gasteiger partial charge in [0.15, 0.2) is 5.78 Å². The average Bonchev–Trinajstić information content (AvgIpc) is 2.97. The van der Waals surface area contributed by atoms with Crippen LogP contribution in [-0.2, 0) is 4.79 Å². The van der Waals surface area contributed by atoms with Gasteiger partial charge in [0.05, 0.1) is 0 Å². The van der Waals surface area contributed by atoms with Gasteiger partial charge < -0.3 is 10.0 Å². The molecule has 1 aromatic carbocycles. The van der Waals surface area contributed by atoms with Crippen LogP contribution >= 0.6 is 24.0 Å². The zero-order chi connectivity index (χ0) is 15.2. The summed E-state index contributed by atoms with van der Waals surface area (Å²) < 4.78 is 0.584. The molecule has 1 unspecified atom stereocenters. The zero-order valence-corrected chi connectivity index (χ0v) is 13.2. The number of hydrogen-bond donors (Lipinski definition) is 1. The van der Waals surface area contributed by atoms with Crippen LogP contribution in [0.25, 0.3) is 0 Å². The highest BCUT2D eigenvalue weighted by Crippen LogP contribution is 2.23. The van der Waals surface area contributed by atoms with E-state index in [1.807, 2.05) is 18.2 Å². The fourth-order valence-electron chi connectivity index (χ4n) is 2.32. The van der Waals surface area contributed by atoms with E-state index in [2.05, 4.69) is 0 Å². The van der Waals surface area contributed by atoms with Gasteiger partial charge in [-0.2, -0.15) is 0 Å². The third kappa shape index (κ3) is 4.28. The fraction of sp³-hybridized carbons (Fsp3) is 0.400. The van der Waals surface area contributed by atoms with Crippen LogP contribution in [0, 0.1) is 0 Å². The summed E-state index contributed by atoms with van der Waals surface area (Å²) in [6.07, 6.45) is 1.89. The maximum absolute atomic E-state index is 12.0. The summed E-state index contributed by atoms with van der Waals surface area (Å²) >= 11 is 6.68. The normalized spacial score (nSPS) is 17.7. The van der Waals surface area contributed by atoms with Crippen molar-refractivity contribution in [1.82, 2.24) is 4.90 Å². The minimum absolute atomic E-state index is 0.0853. The van der Waals surface area contributed by atoms with Crippen molar-refractivity contribution in [2.45, 2.75) is 25.3 Å². The molecule has 0 bridgehead atoms. The molecule has 0 spiro atoms. The Morgan fingerprint density at radius 1 is 1.33 bits per heavy atom. The maximum atomic E-state index is 12.0. The van der Waals surface area contributed by atoms with Gasteiger partial charge in [-0.1, -0.05) is 54.3 Å². The number of Topliss-reactive ketones (excluding diaryl/α,β-unsaturated/α-hetero) is 1. The van der Waals surface area contributed by atoms with Gasteiger partial charge in [0.1, 0.15) is 10.4 Å². The first-order valence-electron chi connectivity index (χ1n) is 6.84. The van der Waals surface area contributed by atoms with Gasteiger partial charge in [-0.25, -0.2) is 4.79 Å². The van der Waals surface area contributed by atoms with Gasteiger partial charge in [-0.15, -0.1) is 0 Å². The van der Waals surface area contributed by atoms with E-state index in [4.69, 9.17) is 17.3 Å². The predicted octanol–water partition coefficient (Wildman–Crippen LogP) is 2.83. The Kier molecular flexibility index (Phi) is 5.76. The van der Waals surface area contributed by atoms with E-state index in [9.17, 15) is 9.59 Å². The van der Waals surface area contributed by atoms with E-state index in [1.54, 1.807) is 17.0 Å². The van der Waals surface area contributed by atoms with Crippen molar-refractivity contribution in [3.05, 3.63) is 35.9 Å². The smallest absolute Gasteiger partial charge is 0.326 e. The fourth-order valence-corrected chi connectivity index (χ4v) is 3.64. The Morgan fingerprint density at radius 3 is 2.71 bits per heavy atom. The van der Waals surface area contributed by atoms with Crippen LogP contribution in [0.5, 0.6) is 0 Å². The van der Waals surface area contributed by atoms with Crippen molar-refractivity contribution < 1.29 is 14.7 Å². The van der Waals surface area contributed by atoms with E-state index in [0.29, 0.717) is 35.0 Å². The minimum atomic E-state index is -0.823. The first-order valence-corrected chi connectivity index (χ1v) is 8.23. The summed E-state index contributed by atoms with van der Waals surface area (Å²) in [5.41, 5.74) is 0.702. The molecular formula is C15H17NO3S2. The lowest BCUT2D eigenvalue weighted by molar-refractivity contribution is -0.140. The van der Waals surface area contributed by atoms with E-state index >= 15 is 0 Å². The molecule has 1 atom stereocenters. The molecule has 0 aliphatic carbocycles. The molecule has 112 valence electrons. The number of carboxylic acids is 1. The number of hydrogen-bond acceptors (Lipinski definition) is 4. The zero-order valence-electron chi connectivity index (χ0n) is 11.5. The van der Waals surface area contributed by atoms with Crippen LogP contribution < -0.4 is 0 Å². The van der Waals surface area contributed by atoms with Crippen LogP contribution in [-0.4, -0.2) is 44.4 Å². The second-order valence-electron chi connectivity index (χ2n) is 4.84.